The molecule has 32 heavy (non-hydrogen) atoms. The van der Waals surface area contributed by atoms with Crippen LogP contribution in [0.15, 0.2) is 53.8 Å². The first kappa shape index (κ1) is 23.3. The summed E-state index contributed by atoms with van der Waals surface area (Å²) in [5, 5.41) is 4.03. The highest BCUT2D eigenvalue weighted by atomic mass is 79.9. The molecule has 0 bridgehead atoms. The average Bonchev–Trinajstić information content (AvgIpc) is 3.33. The molecule has 0 aliphatic rings. The molecule has 1 N–H and O–H groups in total. The van der Waals surface area contributed by atoms with Gasteiger partial charge in [-0.05, 0) is 88.0 Å². The number of hydrogen-bond donors (Lipinski definition) is 1. The van der Waals surface area contributed by atoms with Gasteiger partial charge in [-0.3, -0.25) is 14.2 Å². The summed E-state index contributed by atoms with van der Waals surface area (Å²) < 4.78 is 8.62. The third kappa shape index (κ3) is 4.73. The Morgan fingerprint density at radius 1 is 1.25 bits per heavy atom. The van der Waals surface area contributed by atoms with Crippen molar-refractivity contribution < 1.29 is 9.21 Å². The first-order chi connectivity index (χ1) is 15.2. The second kappa shape index (κ2) is 9.54. The Morgan fingerprint density at radius 3 is 2.62 bits per heavy atom. The van der Waals surface area contributed by atoms with E-state index < -0.39 is 0 Å². The summed E-state index contributed by atoms with van der Waals surface area (Å²) >= 11 is 9.71. The zero-order valence-corrected chi connectivity index (χ0v) is 22.3. The minimum absolute atomic E-state index is 0.103. The molecular formula is C22H19Br2N3O3S2. The number of nitrogens with zero attached hydrogens (tertiary/aromatic N) is 2. The lowest BCUT2D eigenvalue weighted by Crippen LogP contribution is -2.24. The van der Waals surface area contributed by atoms with E-state index in [1.807, 2.05) is 39.0 Å². The average molecular weight is 597 g/mol. The van der Waals surface area contributed by atoms with Crippen molar-refractivity contribution in [2.24, 2.45) is 0 Å². The van der Waals surface area contributed by atoms with Gasteiger partial charge in [-0.25, -0.2) is 4.98 Å². The number of thiophene rings is 1. The molecule has 0 atom stereocenters. The summed E-state index contributed by atoms with van der Waals surface area (Å²) in [5.74, 6) is 0.556. The van der Waals surface area contributed by atoms with E-state index in [1.54, 1.807) is 16.9 Å². The lowest BCUT2D eigenvalue weighted by Gasteiger charge is -2.13. The normalized spacial score (nSPS) is 11.3. The minimum Gasteiger partial charge on any atom is -0.467 e. The Hall–Kier alpha value is -1.88. The predicted octanol–water partition coefficient (Wildman–Crippen LogP) is 6.28. The number of amides is 1. The SMILES string of the molecule is Cc1cc(Br)c(NC(=O)CSc2nc3sc(C)c(C)c3c(=O)n2Cc2ccco2)c(Br)c1. The highest BCUT2D eigenvalue weighted by Crippen LogP contribution is 2.33. The van der Waals surface area contributed by atoms with Gasteiger partial charge in [0.1, 0.15) is 10.6 Å². The van der Waals surface area contributed by atoms with Gasteiger partial charge in [0.05, 0.1) is 29.6 Å². The van der Waals surface area contributed by atoms with Gasteiger partial charge in [0.15, 0.2) is 5.16 Å². The fourth-order valence-electron chi connectivity index (χ4n) is 3.24. The van der Waals surface area contributed by atoms with Gasteiger partial charge >= 0.3 is 0 Å². The number of hydrogen-bond acceptors (Lipinski definition) is 6. The lowest BCUT2D eigenvalue weighted by molar-refractivity contribution is -0.113. The number of aromatic nitrogens is 2. The Balaban J connectivity index is 1.63. The number of rotatable bonds is 6. The van der Waals surface area contributed by atoms with Gasteiger partial charge in [0, 0.05) is 13.8 Å². The molecular weight excluding hydrogens is 578 g/mol. The molecule has 0 unspecified atom stereocenters. The molecule has 4 aromatic rings. The molecule has 0 saturated heterocycles. The molecule has 3 aromatic heterocycles. The summed E-state index contributed by atoms with van der Waals surface area (Å²) in [5.41, 5.74) is 2.55. The maximum atomic E-state index is 13.3. The van der Waals surface area contributed by atoms with Crippen LogP contribution < -0.4 is 10.9 Å². The van der Waals surface area contributed by atoms with Crippen molar-refractivity contribution in [2.45, 2.75) is 32.5 Å². The van der Waals surface area contributed by atoms with Crippen LogP contribution in [0.1, 0.15) is 21.8 Å². The van der Waals surface area contributed by atoms with Crippen LogP contribution in [0.25, 0.3) is 10.2 Å². The summed E-state index contributed by atoms with van der Waals surface area (Å²) in [6.07, 6.45) is 1.57. The number of benzene rings is 1. The standard InChI is InChI=1S/C22H19Br2N3O3S2/c1-11-7-15(23)19(16(24)8-11)25-17(28)10-31-22-26-20-18(12(2)13(3)32-20)21(29)27(22)9-14-5-4-6-30-14/h4-8H,9-10H2,1-3H3,(H,25,28). The number of furan rings is 1. The van der Waals surface area contributed by atoms with E-state index in [-0.39, 0.29) is 23.8 Å². The van der Waals surface area contributed by atoms with Crippen LogP contribution in [0.4, 0.5) is 5.69 Å². The molecule has 10 heteroatoms. The molecule has 0 radical (unpaired) electrons. The molecule has 166 valence electrons. The summed E-state index contributed by atoms with van der Waals surface area (Å²) in [7, 11) is 0. The number of anilines is 1. The van der Waals surface area contributed by atoms with Crippen LogP contribution in [0.2, 0.25) is 0 Å². The van der Waals surface area contributed by atoms with E-state index >= 15 is 0 Å². The van der Waals surface area contributed by atoms with Crippen molar-refractivity contribution in [3.8, 4) is 0 Å². The van der Waals surface area contributed by atoms with E-state index in [2.05, 4.69) is 37.2 Å². The quantitative estimate of drug-likeness (QED) is 0.209. The first-order valence-electron chi connectivity index (χ1n) is 9.65. The van der Waals surface area contributed by atoms with Gasteiger partial charge in [-0.1, -0.05) is 11.8 Å². The van der Waals surface area contributed by atoms with Crippen molar-refractivity contribution in [1.29, 1.82) is 0 Å². The van der Waals surface area contributed by atoms with Crippen molar-refractivity contribution in [3.05, 3.63) is 71.6 Å². The largest absolute Gasteiger partial charge is 0.467 e. The molecule has 1 aromatic carbocycles. The zero-order chi connectivity index (χ0) is 23.0. The van der Waals surface area contributed by atoms with Crippen LogP contribution >= 0.6 is 55.0 Å². The maximum absolute atomic E-state index is 13.3. The Morgan fingerprint density at radius 2 is 1.97 bits per heavy atom. The molecule has 0 aliphatic carbocycles. The number of fused-ring (bicyclic) bond motifs is 1. The van der Waals surface area contributed by atoms with Crippen LogP contribution in [-0.4, -0.2) is 21.2 Å². The molecule has 0 fully saturated rings. The molecule has 1 amide bonds. The fourth-order valence-corrected chi connectivity index (χ4v) is 6.72. The van der Waals surface area contributed by atoms with E-state index in [1.165, 1.54) is 23.1 Å². The Bertz CT molecular complexity index is 1350. The summed E-state index contributed by atoms with van der Waals surface area (Å²) in [6, 6.07) is 7.47. The predicted molar refractivity (Wildman–Crippen MR) is 137 cm³/mol. The Kier molecular flexibility index (Phi) is 6.94. The first-order valence-corrected chi connectivity index (χ1v) is 13.0. The number of carbonyl (C=O) groups is 1. The van der Waals surface area contributed by atoms with Crippen molar-refractivity contribution in [3.63, 3.8) is 0 Å². The van der Waals surface area contributed by atoms with E-state index in [9.17, 15) is 9.59 Å². The van der Waals surface area contributed by atoms with E-state index in [4.69, 9.17) is 9.40 Å². The monoisotopic (exact) mass is 595 g/mol. The highest BCUT2D eigenvalue weighted by Gasteiger charge is 2.19. The number of carbonyl (C=O) groups excluding carboxylic acids is 1. The highest BCUT2D eigenvalue weighted by molar-refractivity contribution is 9.11. The van der Waals surface area contributed by atoms with E-state index in [0.717, 1.165) is 24.9 Å². The summed E-state index contributed by atoms with van der Waals surface area (Å²) in [6.45, 7) is 6.15. The van der Waals surface area contributed by atoms with Gasteiger partial charge in [0.2, 0.25) is 5.91 Å². The maximum Gasteiger partial charge on any atom is 0.263 e. The van der Waals surface area contributed by atoms with Gasteiger partial charge in [-0.15, -0.1) is 11.3 Å². The molecule has 0 spiro atoms. The number of thioether (sulfide) groups is 1. The number of nitrogens with one attached hydrogen (secondary N) is 1. The third-order valence-electron chi connectivity index (χ3n) is 4.93. The smallest absolute Gasteiger partial charge is 0.263 e. The van der Waals surface area contributed by atoms with Gasteiger partial charge in [-0.2, -0.15) is 0 Å². The molecule has 0 saturated carbocycles. The zero-order valence-electron chi connectivity index (χ0n) is 17.5. The fraction of sp³-hybridized carbons (Fsp3) is 0.227. The van der Waals surface area contributed by atoms with Gasteiger partial charge in [0.25, 0.3) is 5.56 Å². The van der Waals surface area contributed by atoms with Crippen LogP contribution in [-0.2, 0) is 11.3 Å². The number of halogens is 2. The molecule has 3 heterocycles. The van der Waals surface area contributed by atoms with E-state index in [0.29, 0.717) is 26.8 Å². The summed E-state index contributed by atoms with van der Waals surface area (Å²) in [4.78, 5) is 32.5. The Labute approximate surface area is 209 Å². The minimum atomic E-state index is -0.197. The second-order valence-corrected chi connectivity index (χ2v) is 11.1. The molecule has 6 nitrogen and oxygen atoms in total. The van der Waals surface area contributed by atoms with Crippen LogP contribution in [0.3, 0.4) is 0 Å². The van der Waals surface area contributed by atoms with Crippen LogP contribution in [0, 0.1) is 20.8 Å². The van der Waals surface area contributed by atoms with Crippen molar-refractivity contribution in [2.75, 3.05) is 11.1 Å². The van der Waals surface area contributed by atoms with Crippen LogP contribution in [0.5, 0.6) is 0 Å². The topological polar surface area (TPSA) is 77.1 Å². The molecule has 0 aliphatic heterocycles. The van der Waals surface area contributed by atoms with Crippen molar-refractivity contribution in [1.82, 2.24) is 9.55 Å². The lowest BCUT2D eigenvalue weighted by atomic mass is 10.2. The second-order valence-electron chi connectivity index (χ2n) is 7.27. The number of aryl methyl sites for hydroxylation is 3. The molecule has 4 rings (SSSR count). The van der Waals surface area contributed by atoms with Crippen molar-refractivity contribution >= 4 is 76.8 Å². The third-order valence-corrected chi connectivity index (χ3v) is 8.26. The van der Waals surface area contributed by atoms with Gasteiger partial charge < -0.3 is 9.73 Å².